The summed E-state index contributed by atoms with van der Waals surface area (Å²) in [6.45, 7) is 8.13. The highest BCUT2D eigenvalue weighted by Crippen LogP contribution is 2.20. The molecule has 2 rings (SSSR count). The van der Waals surface area contributed by atoms with Crippen LogP contribution in [0.1, 0.15) is 30.8 Å². The molecule has 0 saturated carbocycles. The van der Waals surface area contributed by atoms with Crippen molar-refractivity contribution in [1.29, 1.82) is 0 Å². The fraction of sp³-hybridized carbons (Fsp3) is 0.750. The lowest BCUT2D eigenvalue weighted by Crippen LogP contribution is -2.43. The molecule has 1 aromatic rings. The van der Waals surface area contributed by atoms with Gasteiger partial charge in [-0.1, -0.05) is 13.8 Å². The van der Waals surface area contributed by atoms with Crippen molar-refractivity contribution in [2.45, 2.75) is 20.3 Å². The number of nitrogens with two attached hydrogens (primary N) is 1. The van der Waals surface area contributed by atoms with Gasteiger partial charge in [0.25, 0.3) is 5.91 Å². The minimum absolute atomic E-state index is 0.0257. The Morgan fingerprint density at radius 3 is 2.68 bits per heavy atom. The Morgan fingerprint density at radius 2 is 2.11 bits per heavy atom. The molecule has 1 aliphatic rings. The summed E-state index contributed by atoms with van der Waals surface area (Å²) >= 11 is 0. The number of anilines is 1. The van der Waals surface area contributed by atoms with E-state index in [9.17, 15) is 4.79 Å². The van der Waals surface area contributed by atoms with Crippen LogP contribution in [0.3, 0.4) is 0 Å². The zero-order valence-corrected chi connectivity index (χ0v) is 11.4. The van der Waals surface area contributed by atoms with Gasteiger partial charge in [0.2, 0.25) is 11.5 Å². The van der Waals surface area contributed by atoms with Gasteiger partial charge in [0.15, 0.2) is 0 Å². The second-order valence-corrected chi connectivity index (χ2v) is 5.46. The van der Waals surface area contributed by atoms with Crippen molar-refractivity contribution in [2.24, 2.45) is 11.8 Å². The number of nitrogen functional groups attached to an aromatic ring is 1. The molecule has 2 heterocycles. The van der Waals surface area contributed by atoms with Gasteiger partial charge in [0.05, 0.1) is 0 Å². The first kappa shape index (κ1) is 13.8. The van der Waals surface area contributed by atoms with Crippen molar-refractivity contribution in [3.05, 3.63) is 5.69 Å². The average molecular weight is 267 g/mol. The molecule has 19 heavy (non-hydrogen) atoms. The zero-order valence-electron chi connectivity index (χ0n) is 11.4. The minimum atomic E-state index is -0.336. The van der Waals surface area contributed by atoms with E-state index in [2.05, 4.69) is 39.0 Å². The molecule has 2 atom stereocenters. The predicted molar refractivity (Wildman–Crippen MR) is 70.4 cm³/mol. The summed E-state index contributed by atoms with van der Waals surface area (Å²) in [5.41, 5.74) is 5.51. The molecule has 0 radical (unpaired) electrons. The van der Waals surface area contributed by atoms with Gasteiger partial charge in [0, 0.05) is 26.2 Å². The van der Waals surface area contributed by atoms with Crippen LogP contribution in [0.25, 0.3) is 0 Å². The summed E-state index contributed by atoms with van der Waals surface area (Å²) < 4.78 is 4.39. The summed E-state index contributed by atoms with van der Waals surface area (Å²) in [6.07, 6.45) is 1.28. The molecule has 0 bridgehead atoms. The van der Waals surface area contributed by atoms with Crippen molar-refractivity contribution in [2.75, 3.05) is 31.9 Å². The van der Waals surface area contributed by atoms with Crippen LogP contribution in [0.15, 0.2) is 4.63 Å². The Bertz CT molecular complexity index is 424. The number of nitrogens with zero attached hydrogens (tertiary/aromatic N) is 3. The molecule has 1 saturated heterocycles. The normalized spacial score (nSPS) is 24.3. The summed E-state index contributed by atoms with van der Waals surface area (Å²) in [6, 6.07) is 0. The highest BCUT2D eigenvalue weighted by atomic mass is 16.6. The van der Waals surface area contributed by atoms with E-state index in [4.69, 9.17) is 5.73 Å². The topological polar surface area (TPSA) is 97.3 Å². The van der Waals surface area contributed by atoms with Gasteiger partial charge in [-0.3, -0.25) is 4.79 Å². The number of carbonyl (C=O) groups excluding carboxylic acids is 1. The zero-order chi connectivity index (χ0) is 13.8. The number of nitrogens with one attached hydrogen (secondary N) is 1. The predicted octanol–water partition coefficient (Wildman–Crippen LogP) is 0.360. The maximum atomic E-state index is 11.7. The summed E-state index contributed by atoms with van der Waals surface area (Å²) in [5, 5.41) is 9.62. The monoisotopic (exact) mass is 267 g/mol. The maximum Gasteiger partial charge on any atom is 0.277 e. The first-order chi connectivity index (χ1) is 9.06. The molecule has 3 N–H and O–H groups in total. The lowest BCUT2D eigenvalue weighted by atomic mass is 9.92. The van der Waals surface area contributed by atoms with Gasteiger partial charge in [-0.25, -0.2) is 4.63 Å². The van der Waals surface area contributed by atoms with Gasteiger partial charge in [-0.05, 0) is 28.6 Å². The fourth-order valence-corrected chi connectivity index (χ4v) is 2.74. The molecule has 7 nitrogen and oxygen atoms in total. The van der Waals surface area contributed by atoms with Gasteiger partial charge in [-0.2, -0.15) is 0 Å². The number of hydrogen-bond acceptors (Lipinski definition) is 6. The van der Waals surface area contributed by atoms with E-state index in [1.54, 1.807) is 0 Å². The van der Waals surface area contributed by atoms with Crippen molar-refractivity contribution < 1.29 is 9.42 Å². The van der Waals surface area contributed by atoms with E-state index in [1.807, 2.05) is 0 Å². The third-order valence-corrected chi connectivity index (χ3v) is 3.39. The summed E-state index contributed by atoms with van der Waals surface area (Å²) in [7, 11) is 0. The second kappa shape index (κ2) is 6.01. The molecule has 106 valence electrons. The molecular weight excluding hydrogens is 246 g/mol. The minimum Gasteiger partial charge on any atom is -0.379 e. The molecular formula is C12H21N5O2. The van der Waals surface area contributed by atoms with E-state index in [0.29, 0.717) is 6.54 Å². The number of aromatic nitrogens is 2. The van der Waals surface area contributed by atoms with Crippen LogP contribution >= 0.6 is 0 Å². The molecule has 1 fully saturated rings. The first-order valence-corrected chi connectivity index (χ1v) is 6.65. The van der Waals surface area contributed by atoms with E-state index < -0.39 is 0 Å². The fourth-order valence-electron chi connectivity index (χ4n) is 2.74. The van der Waals surface area contributed by atoms with Crippen LogP contribution < -0.4 is 11.1 Å². The highest BCUT2D eigenvalue weighted by Gasteiger charge is 2.22. The molecule has 0 aromatic carbocycles. The number of amides is 1. The van der Waals surface area contributed by atoms with Gasteiger partial charge < -0.3 is 16.0 Å². The molecule has 1 amide bonds. The highest BCUT2D eigenvalue weighted by molar-refractivity contribution is 5.95. The molecule has 2 unspecified atom stereocenters. The molecule has 0 aliphatic carbocycles. The Hall–Kier alpha value is -1.63. The van der Waals surface area contributed by atoms with Crippen molar-refractivity contribution in [3.8, 4) is 0 Å². The van der Waals surface area contributed by atoms with Crippen molar-refractivity contribution >= 4 is 11.7 Å². The lowest BCUT2D eigenvalue weighted by Gasteiger charge is -2.34. The molecule has 1 aliphatic heterocycles. The molecule has 0 spiro atoms. The van der Waals surface area contributed by atoms with E-state index in [-0.39, 0.29) is 17.4 Å². The van der Waals surface area contributed by atoms with Crippen LogP contribution in [-0.2, 0) is 0 Å². The third-order valence-electron chi connectivity index (χ3n) is 3.39. The second-order valence-electron chi connectivity index (χ2n) is 5.46. The average Bonchev–Trinajstić information content (AvgIpc) is 2.74. The Labute approximate surface area is 112 Å². The number of rotatable bonds is 4. The van der Waals surface area contributed by atoms with Crippen molar-refractivity contribution in [1.82, 2.24) is 20.5 Å². The standard InChI is InChI=1S/C12H21N5O2/c1-8-5-9(2)7-17(6-8)4-3-14-12(18)10-11(13)16-19-15-10/h8-9H,3-7H2,1-2H3,(H2,13,16)(H,14,18). The third kappa shape index (κ3) is 3.66. The van der Waals surface area contributed by atoms with Gasteiger partial charge in [0.1, 0.15) is 0 Å². The Balaban J connectivity index is 1.75. The number of carbonyl (C=O) groups is 1. The SMILES string of the molecule is CC1CC(C)CN(CCNC(=O)c2nonc2N)C1. The van der Waals surface area contributed by atoms with Crippen molar-refractivity contribution in [3.63, 3.8) is 0 Å². The summed E-state index contributed by atoms with van der Waals surface area (Å²) in [4.78, 5) is 14.1. The van der Waals surface area contributed by atoms with Crippen LogP contribution in [0, 0.1) is 11.8 Å². The smallest absolute Gasteiger partial charge is 0.277 e. The quantitative estimate of drug-likeness (QED) is 0.817. The largest absolute Gasteiger partial charge is 0.379 e. The maximum absolute atomic E-state index is 11.7. The van der Waals surface area contributed by atoms with Crippen LogP contribution in [0.5, 0.6) is 0 Å². The van der Waals surface area contributed by atoms with Gasteiger partial charge >= 0.3 is 0 Å². The van der Waals surface area contributed by atoms with Crippen LogP contribution in [-0.4, -0.2) is 47.3 Å². The number of hydrogen-bond donors (Lipinski definition) is 2. The first-order valence-electron chi connectivity index (χ1n) is 6.65. The van der Waals surface area contributed by atoms with E-state index in [1.165, 1.54) is 6.42 Å². The van der Waals surface area contributed by atoms with Gasteiger partial charge in [-0.15, -0.1) is 0 Å². The Kier molecular flexibility index (Phi) is 4.36. The van der Waals surface area contributed by atoms with E-state index >= 15 is 0 Å². The lowest BCUT2D eigenvalue weighted by molar-refractivity contribution is 0.0927. The Morgan fingerprint density at radius 1 is 1.42 bits per heavy atom. The van der Waals surface area contributed by atoms with E-state index in [0.717, 1.165) is 31.5 Å². The number of likely N-dealkylation sites (tertiary alicyclic amines) is 1. The van der Waals surface area contributed by atoms with Crippen LogP contribution in [0.4, 0.5) is 5.82 Å². The molecule has 7 heteroatoms. The molecule has 1 aromatic heterocycles. The summed E-state index contributed by atoms with van der Waals surface area (Å²) in [5.74, 6) is 1.12. The number of piperidine rings is 1. The van der Waals surface area contributed by atoms with Crippen LogP contribution in [0.2, 0.25) is 0 Å².